The van der Waals surface area contributed by atoms with E-state index in [1.807, 2.05) is 0 Å². The normalized spacial score (nSPS) is 28.7. The molecule has 4 aliphatic rings. The lowest BCUT2D eigenvalue weighted by Crippen LogP contribution is -2.48. The number of amidine groups is 1. The third-order valence-corrected chi connectivity index (χ3v) is 4.86. The average Bonchev–Trinajstić information content (AvgIpc) is 3.19. The van der Waals surface area contributed by atoms with Crippen LogP contribution in [0, 0.1) is 0 Å². The zero-order chi connectivity index (χ0) is 16.1. The first kappa shape index (κ1) is 13.9. The maximum Gasteiger partial charge on any atom is 0.328 e. The zero-order valence-electron chi connectivity index (χ0n) is 13.1. The Morgan fingerprint density at radius 1 is 1.33 bits per heavy atom. The molecule has 2 amide bonds. The number of carbonyl (C=O) groups is 1. The van der Waals surface area contributed by atoms with Gasteiger partial charge in [0, 0.05) is 25.8 Å². The maximum atomic E-state index is 12.4. The van der Waals surface area contributed by atoms with Crippen molar-refractivity contribution in [2.24, 2.45) is 4.99 Å². The van der Waals surface area contributed by atoms with Gasteiger partial charge >= 0.3 is 6.03 Å². The summed E-state index contributed by atoms with van der Waals surface area (Å²) in [5.41, 5.74) is 2.64. The first-order valence-electron chi connectivity index (χ1n) is 8.21. The van der Waals surface area contributed by atoms with E-state index in [0.29, 0.717) is 17.2 Å². The van der Waals surface area contributed by atoms with Crippen LogP contribution in [-0.2, 0) is 4.74 Å². The van der Waals surface area contributed by atoms with Crippen molar-refractivity contribution in [3.63, 3.8) is 0 Å². The molecular formula is C16H18N6O2. The molecule has 0 saturated carbocycles. The molecule has 0 bridgehead atoms. The first-order valence-corrected chi connectivity index (χ1v) is 8.21. The Morgan fingerprint density at radius 3 is 3.08 bits per heavy atom. The average molecular weight is 326 g/mol. The highest BCUT2D eigenvalue weighted by atomic mass is 16.5. The second kappa shape index (κ2) is 5.29. The number of nitrogens with one attached hydrogen (secondary N) is 2. The molecule has 8 nitrogen and oxygen atoms in total. The smallest absolute Gasteiger partial charge is 0.328 e. The Hall–Kier alpha value is -2.45. The van der Waals surface area contributed by atoms with Crippen LogP contribution in [-0.4, -0.2) is 76.8 Å². The van der Waals surface area contributed by atoms with E-state index in [-0.39, 0.29) is 18.1 Å². The van der Waals surface area contributed by atoms with Gasteiger partial charge in [0.2, 0.25) is 0 Å². The van der Waals surface area contributed by atoms with E-state index < -0.39 is 0 Å². The van der Waals surface area contributed by atoms with Crippen molar-refractivity contribution in [3.05, 3.63) is 35.7 Å². The molecular weight excluding hydrogens is 308 g/mol. The Kier molecular flexibility index (Phi) is 3.07. The SMILES string of the molecule is O=C1Nc2c[nH]nc2C2=NC3C=C(CN4CCOCC4)C=CC3N12. The molecule has 124 valence electrons. The monoisotopic (exact) mass is 326 g/mol. The summed E-state index contributed by atoms with van der Waals surface area (Å²) in [7, 11) is 0. The Labute approximate surface area is 138 Å². The largest absolute Gasteiger partial charge is 0.379 e. The molecule has 4 heterocycles. The Morgan fingerprint density at radius 2 is 2.21 bits per heavy atom. The van der Waals surface area contributed by atoms with Crippen LogP contribution in [0.25, 0.3) is 0 Å². The fraction of sp³-hybridized carbons (Fsp3) is 0.438. The highest BCUT2D eigenvalue weighted by Gasteiger charge is 2.44. The minimum absolute atomic E-state index is 0.0468. The van der Waals surface area contributed by atoms with Crippen LogP contribution in [0.5, 0.6) is 0 Å². The number of H-pyrrole nitrogens is 1. The number of nitrogens with zero attached hydrogens (tertiary/aromatic N) is 4. The van der Waals surface area contributed by atoms with E-state index in [0.717, 1.165) is 32.8 Å². The lowest BCUT2D eigenvalue weighted by Gasteiger charge is -2.31. The number of aromatic nitrogens is 2. The van der Waals surface area contributed by atoms with Gasteiger partial charge in [-0.3, -0.25) is 19.9 Å². The van der Waals surface area contributed by atoms with Gasteiger partial charge in [-0.1, -0.05) is 18.2 Å². The van der Waals surface area contributed by atoms with Gasteiger partial charge in [-0.15, -0.1) is 0 Å². The van der Waals surface area contributed by atoms with E-state index in [9.17, 15) is 4.79 Å². The fourth-order valence-electron chi connectivity index (χ4n) is 3.67. The van der Waals surface area contributed by atoms with Crippen molar-refractivity contribution in [3.8, 4) is 0 Å². The van der Waals surface area contributed by atoms with Crippen LogP contribution in [0.15, 0.2) is 35.0 Å². The molecule has 1 aromatic heterocycles. The second-order valence-corrected chi connectivity index (χ2v) is 6.37. The van der Waals surface area contributed by atoms with Gasteiger partial charge in [0.25, 0.3) is 0 Å². The number of urea groups is 1. The van der Waals surface area contributed by atoms with Crippen molar-refractivity contribution >= 4 is 17.6 Å². The fourth-order valence-corrected chi connectivity index (χ4v) is 3.67. The molecule has 0 spiro atoms. The van der Waals surface area contributed by atoms with Gasteiger partial charge in [0.05, 0.1) is 31.0 Å². The van der Waals surface area contributed by atoms with Gasteiger partial charge < -0.3 is 10.1 Å². The van der Waals surface area contributed by atoms with E-state index in [1.165, 1.54) is 5.57 Å². The molecule has 1 saturated heterocycles. The summed E-state index contributed by atoms with van der Waals surface area (Å²) in [6.45, 7) is 4.40. The Bertz CT molecular complexity index is 773. The summed E-state index contributed by atoms with van der Waals surface area (Å²) in [5, 5.41) is 9.88. The summed E-state index contributed by atoms with van der Waals surface area (Å²) in [5.74, 6) is 0.651. The van der Waals surface area contributed by atoms with Gasteiger partial charge in [-0.25, -0.2) is 4.79 Å². The van der Waals surface area contributed by atoms with Gasteiger partial charge in [0.15, 0.2) is 11.5 Å². The molecule has 2 N–H and O–H groups in total. The van der Waals surface area contributed by atoms with Gasteiger partial charge in [0.1, 0.15) is 0 Å². The van der Waals surface area contributed by atoms with Gasteiger partial charge in [-0.05, 0) is 5.57 Å². The summed E-state index contributed by atoms with van der Waals surface area (Å²) in [6, 6.07) is -0.266. The molecule has 2 unspecified atom stereocenters. The van der Waals surface area contributed by atoms with Crippen molar-refractivity contribution in [1.29, 1.82) is 0 Å². The van der Waals surface area contributed by atoms with Crippen LogP contribution < -0.4 is 5.32 Å². The van der Waals surface area contributed by atoms with Crippen LogP contribution in [0.3, 0.4) is 0 Å². The number of hydrogen-bond donors (Lipinski definition) is 2. The summed E-state index contributed by atoms with van der Waals surface area (Å²) in [4.78, 5) is 21.3. The van der Waals surface area contributed by atoms with E-state index in [1.54, 1.807) is 11.1 Å². The van der Waals surface area contributed by atoms with E-state index in [4.69, 9.17) is 9.73 Å². The van der Waals surface area contributed by atoms with Crippen molar-refractivity contribution in [1.82, 2.24) is 20.0 Å². The summed E-state index contributed by atoms with van der Waals surface area (Å²) < 4.78 is 5.40. The minimum Gasteiger partial charge on any atom is -0.379 e. The van der Waals surface area contributed by atoms with Crippen LogP contribution in [0.4, 0.5) is 10.5 Å². The molecule has 1 aromatic rings. The minimum atomic E-state index is -0.148. The molecule has 2 atom stereocenters. The molecule has 0 aromatic carbocycles. The number of morpholine rings is 1. The van der Waals surface area contributed by atoms with Gasteiger partial charge in [-0.2, -0.15) is 5.10 Å². The molecule has 24 heavy (non-hydrogen) atoms. The van der Waals surface area contributed by atoms with Crippen LogP contribution >= 0.6 is 0 Å². The second-order valence-electron chi connectivity index (χ2n) is 6.37. The number of aliphatic imine (C=N–C) groups is 1. The van der Waals surface area contributed by atoms with Crippen molar-refractivity contribution < 1.29 is 9.53 Å². The standard InChI is InChI=1S/C16H18N6O2/c23-16-19-12-8-17-20-14(12)15-18-11-7-10(1-2-13(11)22(15)16)9-21-3-5-24-6-4-21/h1-2,7-8,11,13H,3-6,9H2,(H,17,20)(H,19,23). The molecule has 8 heteroatoms. The van der Waals surface area contributed by atoms with Crippen molar-refractivity contribution in [2.45, 2.75) is 12.1 Å². The van der Waals surface area contributed by atoms with E-state index in [2.05, 4.69) is 38.6 Å². The number of anilines is 1. The molecule has 3 aliphatic heterocycles. The highest BCUT2D eigenvalue weighted by Crippen LogP contribution is 2.33. The zero-order valence-corrected chi connectivity index (χ0v) is 13.1. The molecule has 5 rings (SSSR count). The third-order valence-electron chi connectivity index (χ3n) is 4.86. The first-order chi connectivity index (χ1) is 11.8. The number of fused-ring (bicyclic) bond motifs is 5. The number of hydrogen-bond acceptors (Lipinski definition) is 5. The third kappa shape index (κ3) is 2.10. The maximum absolute atomic E-state index is 12.4. The lowest BCUT2D eigenvalue weighted by molar-refractivity contribution is 0.0425. The number of carbonyl (C=O) groups excluding carboxylic acids is 1. The van der Waals surface area contributed by atoms with Crippen LogP contribution in [0.1, 0.15) is 5.69 Å². The van der Waals surface area contributed by atoms with Crippen molar-refractivity contribution in [2.75, 3.05) is 38.2 Å². The predicted octanol–water partition coefficient (Wildman–Crippen LogP) is 0.583. The number of ether oxygens (including phenoxy) is 1. The lowest BCUT2D eigenvalue weighted by atomic mass is 9.98. The predicted molar refractivity (Wildman–Crippen MR) is 88.0 cm³/mol. The number of rotatable bonds is 2. The quantitative estimate of drug-likeness (QED) is 0.832. The Balaban J connectivity index is 1.42. The number of aromatic amines is 1. The van der Waals surface area contributed by atoms with E-state index >= 15 is 0 Å². The molecule has 1 fully saturated rings. The van der Waals surface area contributed by atoms with Crippen LogP contribution in [0.2, 0.25) is 0 Å². The highest BCUT2D eigenvalue weighted by molar-refractivity contribution is 6.18. The molecule has 0 radical (unpaired) electrons. The summed E-state index contributed by atoms with van der Waals surface area (Å²) in [6.07, 6.45) is 8.05. The topological polar surface area (TPSA) is 85.8 Å². The molecule has 1 aliphatic carbocycles. The number of amides is 2. The summed E-state index contributed by atoms with van der Waals surface area (Å²) >= 11 is 0.